The van der Waals surface area contributed by atoms with Crippen molar-refractivity contribution in [2.75, 3.05) is 37.6 Å². The molecule has 0 bridgehead atoms. The van der Waals surface area contributed by atoms with Crippen molar-refractivity contribution in [1.29, 1.82) is 0 Å². The van der Waals surface area contributed by atoms with Crippen LogP contribution in [0.5, 0.6) is 0 Å². The van der Waals surface area contributed by atoms with Gasteiger partial charge in [0.1, 0.15) is 5.82 Å². The van der Waals surface area contributed by atoms with Crippen molar-refractivity contribution in [3.05, 3.63) is 84.1 Å². The summed E-state index contributed by atoms with van der Waals surface area (Å²) in [6.45, 7) is 13.2. The number of para-hydroxylation sites is 1. The van der Waals surface area contributed by atoms with E-state index in [2.05, 4.69) is 28.9 Å². The summed E-state index contributed by atoms with van der Waals surface area (Å²) in [4.78, 5) is 5.15. The lowest BCUT2D eigenvalue weighted by Gasteiger charge is -2.36. The number of rotatable bonds is 9. The molecule has 7 nitrogen and oxygen atoms in total. The van der Waals surface area contributed by atoms with E-state index in [9.17, 15) is 8.42 Å². The molecule has 0 N–H and O–H groups in total. The zero-order valence-electron chi connectivity index (χ0n) is 23.4. The van der Waals surface area contributed by atoms with E-state index in [1.807, 2.05) is 74.0 Å². The van der Waals surface area contributed by atoms with Gasteiger partial charge in [-0.3, -0.25) is 0 Å². The first-order chi connectivity index (χ1) is 18.8. The lowest BCUT2D eigenvalue weighted by Crippen LogP contribution is -2.47. The Balaban J connectivity index is 1.59. The van der Waals surface area contributed by atoms with Crippen LogP contribution in [0.4, 0.5) is 5.82 Å². The van der Waals surface area contributed by atoms with Gasteiger partial charge in [0.15, 0.2) is 0 Å². The molecule has 1 fully saturated rings. The number of piperazine rings is 1. The highest BCUT2D eigenvalue weighted by Crippen LogP contribution is 2.33. The van der Waals surface area contributed by atoms with Crippen molar-refractivity contribution >= 4 is 26.6 Å². The Kier molecular flexibility index (Phi) is 8.07. The van der Waals surface area contributed by atoms with Crippen LogP contribution in [-0.4, -0.2) is 66.2 Å². The maximum absolute atomic E-state index is 14.2. The molecule has 1 aromatic heterocycles. The van der Waals surface area contributed by atoms with Crippen LogP contribution in [-0.2, 0) is 16.6 Å². The highest BCUT2D eigenvalue weighted by Gasteiger charge is 2.33. The van der Waals surface area contributed by atoms with Crippen molar-refractivity contribution in [1.82, 2.24) is 19.0 Å². The summed E-state index contributed by atoms with van der Waals surface area (Å²) in [5.74, 6) is 0.997. The first kappa shape index (κ1) is 27.4. The van der Waals surface area contributed by atoms with E-state index in [1.54, 1.807) is 16.4 Å². The number of aryl methyl sites for hydroxylation is 1. The van der Waals surface area contributed by atoms with E-state index in [0.717, 1.165) is 66.3 Å². The molecule has 1 atom stereocenters. The average Bonchev–Trinajstić information content (AvgIpc) is 3.31. The summed E-state index contributed by atoms with van der Waals surface area (Å²) >= 11 is 0. The molecule has 0 amide bonds. The molecule has 5 rings (SSSR count). The molecular weight excluding hydrogens is 506 g/mol. The van der Waals surface area contributed by atoms with Crippen LogP contribution in [0.1, 0.15) is 38.4 Å². The quantitative estimate of drug-likeness (QED) is 0.279. The van der Waals surface area contributed by atoms with Crippen LogP contribution in [0.25, 0.3) is 16.5 Å². The van der Waals surface area contributed by atoms with Crippen LogP contribution in [0.15, 0.2) is 77.7 Å². The Morgan fingerprint density at radius 2 is 1.56 bits per heavy atom. The van der Waals surface area contributed by atoms with E-state index in [0.29, 0.717) is 11.3 Å². The van der Waals surface area contributed by atoms with Crippen molar-refractivity contribution in [3.8, 4) is 5.69 Å². The SMILES string of the molecule is CC[C@@H](C)N(Cc1c(C)nn(-c2ccccc2)c1N1CCN(CC)CC1)S(=O)(=O)c1ccc2ccccc2c1. The molecule has 1 aliphatic heterocycles. The van der Waals surface area contributed by atoms with Crippen LogP contribution in [0.2, 0.25) is 0 Å². The minimum absolute atomic E-state index is 0.175. The third kappa shape index (κ3) is 5.46. The van der Waals surface area contributed by atoms with E-state index < -0.39 is 10.0 Å². The van der Waals surface area contributed by atoms with Gasteiger partial charge in [0.05, 0.1) is 16.3 Å². The summed E-state index contributed by atoms with van der Waals surface area (Å²) in [5, 5.41) is 6.92. The molecule has 0 saturated carbocycles. The highest BCUT2D eigenvalue weighted by atomic mass is 32.2. The molecule has 1 aliphatic rings. The Morgan fingerprint density at radius 1 is 0.897 bits per heavy atom. The minimum atomic E-state index is -3.76. The highest BCUT2D eigenvalue weighted by molar-refractivity contribution is 7.89. The lowest BCUT2D eigenvalue weighted by atomic mass is 10.1. The van der Waals surface area contributed by atoms with Gasteiger partial charge in [-0.15, -0.1) is 0 Å². The summed E-state index contributed by atoms with van der Waals surface area (Å²) in [6.07, 6.45) is 0.711. The Bertz CT molecular complexity index is 1530. The van der Waals surface area contributed by atoms with Crippen LogP contribution >= 0.6 is 0 Å². The normalized spacial score (nSPS) is 15.8. The summed E-state index contributed by atoms with van der Waals surface area (Å²) in [5.41, 5.74) is 2.80. The van der Waals surface area contributed by atoms with E-state index >= 15 is 0 Å². The predicted octanol–water partition coefficient (Wildman–Crippen LogP) is 5.47. The number of benzene rings is 3. The Hall–Kier alpha value is -3.20. The first-order valence-corrected chi connectivity index (χ1v) is 15.4. The van der Waals surface area contributed by atoms with Gasteiger partial charge < -0.3 is 9.80 Å². The van der Waals surface area contributed by atoms with Gasteiger partial charge in [0.2, 0.25) is 10.0 Å². The monoisotopic (exact) mass is 545 g/mol. The molecule has 1 saturated heterocycles. The minimum Gasteiger partial charge on any atom is -0.354 e. The summed E-state index contributed by atoms with van der Waals surface area (Å²) < 4.78 is 32.1. The van der Waals surface area contributed by atoms with Gasteiger partial charge in [0, 0.05) is 44.3 Å². The molecule has 3 aromatic carbocycles. The van der Waals surface area contributed by atoms with Gasteiger partial charge in [0.25, 0.3) is 0 Å². The van der Waals surface area contributed by atoms with Crippen LogP contribution in [0.3, 0.4) is 0 Å². The second-order valence-corrected chi connectivity index (χ2v) is 12.3. The first-order valence-electron chi connectivity index (χ1n) is 13.9. The average molecular weight is 546 g/mol. The third-order valence-corrected chi connectivity index (χ3v) is 9.96. The van der Waals surface area contributed by atoms with Crippen molar-refractivity contribution in [3.63, 3.8) is 0 Å². The van der Waals surface area contributed by atoms with Gasteiger partial charge in [-0.2, -0.15) is 9.40 Å². The molecule has 206 valence electrons. The third-order valence-electron chi connectivity index (χ3n) is 8.00. The second-order valence-electron chi connectivity index (χ2n) is 10.4. The smallest absolute Gasteiger partial charge is 0.243 e. The standard InChI is InChI=1S/C31H39N5O2S/c1-5-24(3)35(39(37,38)29-17-16-26-12-10-11-13-27(26)22-29)23-30-25(4)32-36(28-14-8-7-9-15-28)31(30)34-20-18-33(6-2)19-21-34/h7-17,22,24H,5-6,18-21,23H2,1-4H3/t24-/m1/s1. The van der Waals surface area contributed by atoms with Crippen molar-refractivity contribution < 1.29 is 8.42 Å². The molecule has 8 heteroatoms. The number of anilines is 1. The van der Waals surface area contributed by atoms with Crippen LogP contribution in [0, 0.1) is 6.92 Å². The number of sulfonamides is 1. The van der Waals surface area contributed by atoms with E-state index in [-0.39, 0.29) is 12.6 Å². The number of hydrogen-bond acceptors (Lipinski definition) is 5. The van der Waals surface area contributed by atoms with Gasteiger partial charge >= 0.3 is 0 Å². The topological polar surface area (TPSA) is 61.7 Å². The van der Waals surface area contributed by atoms with E-state index in [4.69, 9.17) is 5.10 Å². The molecule has 4 aromatic rings. The van der Waals surface area contributed by atoms with Crippen molar-refractivity contribution in [2.24, 2.45) is 0 Å². The number of hydrogen-bond donors (Lipinski definition) is 0. The molecule has 0 radical (unpaired) electrons. The molecule has 0 spiro atoms. The Morgan fingerprint density at radius 3 is 2.23 bits per heavy atom. The number of nitrogens with zero attached hydrogens (tertiary/aromatic N) is 5. The summed E-state index contributed by atoms with van der Waals surface area (Å²) in [6, 6.07) is 23.3. The number of aromatic nitrogens is 2. The second kappa shape index (κ2) is 11.5. The fraction of sp³-hybridized carbons (Fsp3) is 0.387. The largest absolute Gasteiger partial charge is 0.354 e. The predicted molar refractivity (Wildman–Crippen MR) is 159 cm³/mol. The van der Waals surface area contributed by atoms with Gasteiger partial charge in [-0.1, -0.05) is 62.4 Å². The number of fused-ring (bicyclic) bond motifs is 1. The maximum atomic E-state index is 14.2. The maximum Gasteiger partial charge on any atom is 0.243 e. The number of likely N-dealkylation sites (N-methyl/N-ethyl adjacent to an activating group) is 1. The molecule has 39 heavy (non-hydrogen) atoms. The fourth-order valence-corrected chi connectivity index (χ4v) is 7.09. The van der Waals surface area contributed by atoms with Gasteiger partial charge in [-0.05, 0) is 61.9 Å². The van der Waals surface area contributed by atoms with Gasteiger partial charge in [-0.25, -0.2) is 13.1 Å². The Labute approximate surface area is 232 Å². The molecule has 2 heterocycles. The summed E-state index contributed by atoms with van der Waals surface area (Å²) in [7, 11) is -3.76. The zero-order valence-corrected chi connectivity index (χ0v) is 24.2. The molecule has 0 aliphatic carbocycles. The molecule has 0 unspecified atom stereocenters. The fourth-order valence-electron chi connectivity index (χ4n) is 5.38. The lowest BCUT2D eigenvalue weighted by molar-refractivity contribution is 0.269. The molecular formula is C31H39N5O2S. The zero-order chi connectivity index (χ0) is 27.6. The van der Waals surface area contributed by atoms with Crippen LogP contribution < -0.4 is 4.90 Å². The van der Waals surface area contributed by atoms with Crippen molar-refractivity contribution in [2.45, 2.75) is 51.6 Å². The van der Waals surface area contributed by atoms with E-state index in [1.165, 1.54) is 0 Å².